The maximum atomic E-state index is 13.7. The number of anilines is 1. The van der Waals surface area contributed by atoms with Crippen molar-refractivity contribution in [1.82, 2.24) is 24.9 Å². The minimum Gasteiger partial charge on any atom is -0.405 e. The molecule has 0 spiro atoms. The number of fused-ring (bicyclic) bond motifs is 1. The molecular formula is C20H23FN6O4. The highest BCUT2D eigenvalue weighted by molar-refractivity contribution is 5.73. The number of hydrogen-bond acceptors (Lipinski definition) is 8. The van der Waals surface area contributed by atoms with Gasteiger partial charge in [0.05, 0.1) is 31.1 Å². The number of carbonyl (C=O) groups is 1. The second-order valence-electron chi connectivity index (χ2n) is 7.23. The molecule has 164 valence electrons. The van der Waals surface area contributed by atoms with E-state index < -0.39 is 12.2 Å². The van der Waals surface area contributed by atoms with Crippen LogP contribution in [0.4, 0.5) is 15.0 Å². The summed E-state index contributed by atoms with van der Waals surface area (Å²) >= 11 is 0. The topological polar surface area (TPSA) is 114 Å². The van der Waals surface area contributed by atoms with Crippen LogP contribution >= 0.6 is 0 Å². The molecule has 1 unspecified atom stereocenters. The molecule has 3 aromatic heterocycles. The van der Waals surface area contributed by atoms with Gasteiger partial charge in [0, 0.05) is 32.6 Å². The van der Waals surface area contributed by atoms with Crippen LogP contribution in [-0.4, -0.2) is 63.7 Å². The number of nitrogens with zero attached hydrogens (tertiary/aromatic N) is 5. The van der Waals surface area contributed by atoms with E-state index in [1.807, 2.05) is 6.07 Å². The molecule has 0 saturated carbocycles. The standard InChI is InChI=1S/C20H23FN6O4/c1-30-12-15(28)10-23-20(29)31-17-11-24-27-6-4-18(25-19(17)27)26-5-2-3-16(26)13-7-14(21)9-22-8-13/h4,6-9,11,15-16,28H,2-3,5,10,12H2,1H3,(H,23,29)/t15?,16-/m1/s1. The van der Waals surface area contributed by atoms with Crippen molar-refractivity contribution >= 4 is 17.6 Å². The van der Waals surface area contributed by atoms with Crippen LogP contribution in [0.5, 0.6) is 5.75 Å². The number of pyridine rings is 1. The van der Waals surface area contributed by atoms with Gasteiger partial charge in [-0.15, -0.1) is 0 Å². The summed E-state index contributed by atoms with van der Waals surface area (Å²) in [5.41, 5.74) is 1.16. The van der Waals surface area contributed by atoms with Gasteiger partial charge in [-0.05, 0) is 30.5 Å². The van der Waals surface area contributed by atoms with Gasteiger partial charge in [0.25, 0.3) is 0 Å². The average Bonchev–Trinajstić information content (AvgIpc) is 3.40. The van der Waals surface area contributed by atoms with Gasteiger partial charge in [0.1, 0.15) is 11.6 Å². The molecule has 1 amide bonds. The predicted molar refractivity (Wildman–Crippen MR) is 108 cm³/mol. The number of aliphatic hydroxyl groups is 1. The van der Waals surface area contributed by atoms with E-state index in [-0.39, 0.29) is 30.8 Å². The fourth-order valence-electron chi connectivity index (χ4n) is 3.66. The molecule has 0 bridgehead atoms. The van der Waals surface area contributed by atoms with E-state index >= 15 is 0 Å². The first-order chi connectivity index (χ1) is 15.0. The molecule has 1 aliphatic heterocycles. The van der Waals surface area contributed by atoms with E-state index in [0.717, 1.165) is 24.9 Å². The average molecular weight is 430 g/mol. The number of ether oxygens (including phenoxy) is 2. The first-order valence-electron chi connectivity index (χ1n) is 9.89. The van der Waals surface area contributed by atoms with Crippen LogP contribution in [0.2, 0.25) is 0 Å². The van der Waals surface area contributed by atoms with Gasteiger partial charge < -0.3 is 24.8 Å². The van der Waals surface area contributed by atoms with Crippen molar-refractivity contribution in [1.29, 1.82) is 0 Å². The van der Waals surface area contributed by atoms with Crippen LogP contribution in [0, 0.1) is 5.82 Å². The highest BCUT2D eigenvalue weighted by atomic mass is 19.1. The Morgan fingerprint density at radius 1 is 1.42 bits per heavy atom. The Bertz CT molecular complexity index is 1060. The normalized spacial score (nSPS) is 17.1. The van der Waals surface area contributed by atoms with E-state index in [1.54, 1.807) is 12.4 Å². The van der Waals surface area contributed by atoms with Gasteiger partial charge in [-0.3, -0.25) is 4.98 Å². The van der Waals surface area contributed by atoms with E-state index in [4.69, 9.17) is 9.47 Å². The number of carbonyl (C=O) groups excluding carboxylic acids is 1. The third kappa shape index (κ3) is 4.72. The van der Waals surface area contributed by atoms with Crippen LogP contribution in [0.1, 0.15) is 24.4 Å². The van der Waals surface area contributed by atoms with Crippen LogP contribution in [-0.2, 0) is 4.74 Å². The first-order valence-corrected chi connectivity index (χ1v) is 9.89. The zero-order valence-corrected chi connectivity index (χ0v) is 16.9. The monoisotopic (exact) mass is 430 g/mol. The van der Waals surface area contributed by atoms with Gasteiger partial charge in [-0.1, -0.05) is 0 Å². The summed E-state index contributed by atoms with van der Waals surface area (Å²) in [5.74, 6) is 0.477. The Balaban J connectivity index is 1.52. The SMILES string of the molecule is COCC(O)CNC(=O)Oc1cnn2ccc(N3CCC[C@@H]3c3cncc(F)c3)nc12. The summed E-state index contributed by atoms with van der Waals surface area (Å²) < 4.78 is 25.3. The van der Waals surface area contributed by atoms with Crippen molar-refractivity contribution in [2.24, 2.45) is 0 Å². The van der Waals surface area contributed by atoms with Gasteiger partial charge in [-0.2, -0.15) is 5.10 Å². The van der Waals surface area contributed by atoms with Crippen LogP contribution in [0.3, 0.4) is 0 Å². The number of rotatable bonds is 7. The van der Waals surface area contributed by atoms with Crippen molar-refractivity contribution in [3.8, 4) is 5.75 Å². The summed E-state index contributed by atoms with van der Waals surface area (Å²) in [6.45, 7) is 0.841. The van der Waals surface area contributed by atoms with Crippen molar-refractivity contribution in [3.05, 3.63) is 48.3 Å². The van der Waals surface area contributed by atoms with Crippen molar-refractivity contribution < 1.29 is 23.8 Å². The Morgan fingerprint density at radius 2 is 2.29 bits per heavy atom. The van der Waals surface area contributed by atoms with E-state index in [0.29, 0.717) is 11.5 Å². The molecule has 1 aliphatic rings. The Hall–Kier alpha value is -3.31. The number of aliphatic hydroxyl groups excluding tert-OH is 1. The van der Waals surface area contributed by atoms with Gasteiger partial charge in [0.15, 0.2) is 5.75 Å². The Kier molecular flexibility index (Phi) is 6.23. The molecule has 31 heavy (non-hydrogen) atoms. The second-order valence-corrected chi connectivity index (χ2v) is 7.23. The summed E-state index contributed by atoms with van der Waals surface area (Å²) in [6, 6.07) is 3.26. The lowest BCUT2D eigenvalue weighted by Crippen LogP contribution is -2.36. The Labute approximate surface area is 177 Å². The number of nitrogens with one attached hydrogen (secondary N) is 1. The summed E-state index contributed by atoms with van der Waals surface area (Å²) in [6.07, 6.45) is 6.19. The third-order valence-electron chi connectivity index (χ3n) is 5.02. The second kappa shape index (κ2) is 9.23. The number of methoxy groups -OCH3 is 1. The highest BCUT2D eigenvalue weighted by Crippen LogP contribution is 2.35. The molecule has 1 saturated heterocycles. The number of hydrogen-bond donors (Lipinski definition) is 2. The fourth-order valence-corrected chi connectivity index (χ4v) is 3.66. The highest BCUT2D eigenvalue weighted by Gasteiger charge is 2.28. The third-order valence-corrected chi connectivity index (χ3v) is 5.02. The van der Waals surface area contributed by atoms with E-state index in [1.165, 1.54) is 30.1 Å². The number of aromatic nitrogens is 4. The Morgan fingerprint density at radius 3 is 3.10 bits per heavy atom. The molecular weight excluding hydrogens is 407 g/mol. The molecule has 0 radical (unpaired) electrons. The molecule has 10 nitrogen and oxygen atoms in total. The van der Waals surface area contributed by atoms with Crippen LogP contribution in [0.25, 0.3) is 5.65 Å². The minimum absolute atomic E-state index is 0.0122. The molecule has 4 rings (SSSR count). The lowest BCUT2D eigenvalue weighted by molar-refractivity contribution is 0.0646. The molecule has 0 aromatic carbocycles. The molecule has 2 N–H and O–H groups in total. The van der Waals surface area contributed by atoms with E-state index in [9.17, 15) is 14.3 Å². The van der Waals surface area contributed by atoms with Crippen molar-refractivity contribution in [3.63, 3.8) is 0 Å². The lowest BCUT2D eigenvalue weighted by atomic mass is 10.1. The predicted octanol–water partition coefficient (Wildman–Crippen LogP) is 1.70. The summed E-state index contributed by atoms with van der Waals surface area (Å²) in [7, 11) is 1.46. The quantitative estimate of drug-likeness (QED) is 0.582. The maximum absolute atomic E-state index is 13.7. The smallest absolute Gasteiger partial charge is 0.405 e. The van der Waals surface area contributed by atoms with Gasteiger partial charge in [0.2, 0.25) is 5.65 Å². The molecule has 2 atom stereocenters. The lowest BCUT2D eigenvalue weighted by Gasteiger charge is -2.26. The largest absolute Gasteiger partial charge is 0.412 e. The molecule has 4 heterocycles. The summed E-state index contributed by atoms with van der Waals surface area (Å²) in [4.78, 5) is 22.7. The number of amides is 1. The zero-order chi connectivity index (χ0) is 21.8. The fraction of sp³-hybridized carbons (Fsp3) is 0.400. The molecule has 11 heteroatoms. The van der Waals surface area contributed by atoms with Gasteiger partial charge >= 0.3 is 6.09 Å². The van der Waals surface area contributed by atoms with Crippen LogP contribution in [0.15, 0.2) is 36.9 Å². The van der Waals surface area contributed by atoms with Crippen LogP contribution < -0.4 is 15.0 Å². The minimum atomic E-state index is -0.837. The molecule has 0 aliphatic carbocycles. The molecule has 1 fully saturated rings. The van der Waals surface area contributed by atoms with E-state index in [2.05, 4.69) is 25.3 Å². The zero-order valence-electron chi connectivity index (χ0n) is 16.9. The summed E-state index contributed by atoms with van der Waals surface area (Å²) in [5, 5.41) is 16.3. The molecule has 3 aromatic rings. The number of halogens is 1. The van der Waals surface area contributed by atoms with Crippen molar-refractivity contribution in [2.75, 3.05) is 31.7 Å². The maximum Gasteiger partial charge on any atom is 0.412 e. The first kappa shape index (κ1) is 20.9. The van der Waals surface area contributed by atoms with Crippen molar-refractivity contribution in [2.45, 2.75) is 25.0 Å². The van der Waals surface area contributed by atoms with Gasteiger partial charge in [-0.25, -0.2) is 18.7 Å².